The van der Waals surface area contributed by atoms with Crippen LogP contribution in [0.4, 0.5) is 0 Å². The summed E-state index contributed by atoms with van der Waals surface area (Å²) < 4.78 is 0. The molecule has 0 saturated carbocycles. The lowest BCUT2D eigenvalue weighted by Gasteiger charge is -1.99. The minimum atomic E-state index is 0.403. The normalized spacial score (nSPS) is 20.5. The zero-order valence-corrected chi connectivity index (χ0v) is 8.85. The maximum absolute atomic E-state index is 4.92. The van der Waals surface area contributed by atoms with Gasteiger partial charge in [0.05, 0.1) is 0 Å². The van der Waals surface area contributed by atoms with Crippen LogP contribution in [0.5, 0.6) is 0 Å². The van der Waals surface area contributed by atoms with E-state index in [-0.39, 0.29) is 0 Å². The molecule has 0 bridgehead atoms. The molecule has 1 saturated heterocycles. The molecule has 0 aliphatic carbocycles. The first-order valence-corrected chi connectivity index (χ1v) is 5.84. The standard InChI is InChI=1S/C11H23NO/c1-2-3-4-5-6-7-8-9-10-11-12-13-11/h11-12H,2-10H2,1H3/t11-/m1/s1. The summed E-state index contributed by atoms with van der Waals surface area (Å²) in [4.78, 5) is 4.92. The third-order valence-electron chi connectivity index (χ3n) is 2.60. The van der Waals surface area contributed by atoms with Gasteiger partial charge in [-0.25, -0.2) is 0 Å². The maximum atomic E-state index is 4.92. The highest BCUT2D eigenvalue weighted by atomic mass is 16.8. The van der Waals surface area contributed by atoms with Crippen LogP contribution in [0.2, 0.25) is 0 Å². The highest BCUT2D eigenvalue weighted by molar-refractivity contribution is 4.58. The van der Waals surface area contributed by atoms with Crippen molar-refractivity contribution in [1.82, 2.24) is 5.48 Å². The van der Waals surface area contributed by atoms with Gasteiger partial charge < -0.3 is 0 Å². The first kappa shape index (κ1) is 11.0. The molecular formula is C11H23NO. The topological polar surface area (TPSA) is 34.5 Å². The molecule has 0 spiro atoms. The molecule has 1 fully saturated rings. The Morgan fingerprint density at radius 1 is 0.923 bits per heavy atom. The van der Waals surface area contributed by atoms with Gasteiger partial charge in [-0.05, 0) is 12.8 Å². The number of hydroxylamine groups is 1. The largest absolute Gasteiger partial charge is 0.278 e. The Balaban J connectivity index is 1.63. The van der Waals surface area contributed by atoms with Crippen molar-refractivity contribution in [3.05, 3.63) is 0 Å². The maximum Gasteiger partial charge on any atom is 0.151 e. The summed E-state index contributed by atoms with van der Waals surface area (Å²) >= 11 is 0. The number of hydrogen-bond acceptors (Lipinski definition) is 2. The molecule has 1 rings (SSSR count). The second-order valence-electron chi connectivity index (χ2n) is 3.99. The van der Waals surface area contributed by atoms with E-state index in [0.29, 0.717) is 6.23 Å². The fraction of sp³-hybridized carbons (Fsp3) is 1.00. The monoisotopic (exact) mass is 185 g/mol. The van der Waals surface area contributed by atoms with E-state index in [1.807, 2.05) is 0 Å². The molecule has 0 radical (unpaired) electrons. The molecule has 0 aromatic rings. The van der Waals surface area contributed by atoms with Crippen LogP contribution in [0, 0.1) is 0 Å². The number of nitrogens with one attached hydrogen (secondary N) is 1. The van der Waals surface area contributed by atoms with Crippen LogP contribution in [0.15, 0.2) is 0 Å². The van der Waals surface area contributed by atoms with E-state index in [0.717, 1.165) is 0 Å². The minimum Gasteiger partial charge on any atom is -0.278 e. The van der Waals surface area contributed by atoms with E-state index in [1.54, 1.807) is 0 Å². The first-order valence-electron chi connectivity index (χ1n) is 5.84. The van der Waals surface area contributed by atoms with Crippen molar-refractivity contribution in [2.45, 2.75) is 70.9 Å². The number of unbranched alkanes of at least 4 members (excludes halogenated alkanes) is 7. The highest BCUT2D eigenvalue weighted by Gasteiger charge is 2.20. The highest BCUT2D eigenvalue weighted by Crippen LogP contribution is 2.13. The fourth-order valence-corrected chi connectivity index (χ4v) is 1.63. The summed E-state index contributed by atoms with van der Waals surface area (Å²) in [6, 6.07) is 0. The smallest absolute Gasteiger partial charge is 0.151 e. The van der Waals surface area contributed by atoms with E-state index in [4.69, 9.17) is 4.84 Å². The summed E-state index contributed by atoms with van der Waals surface area (Å²) in [5, 5.41) is 0. The Hall–Kier alpha value is -0.0800. The van der Waals surface area contributed by atoms with Gasteiger partial charge in [-0.15, -0.1) is 0 Å². The second-order valence-corrected chi connectivity index (χ2v) is 3.99. The van der Waals surface area contributed by atoms with Crippen LogP contribution in [-0.2, 0) is 4.84 Å². The molecule has 2 nitrogen and oxygen atoms in total. The van der Waals surface area contributed by atoms with Crippen LogP contribution in [0.3, 0.4) is 0 Å². The van der Waals surface area contributed by atoms with Crippen molar-refractivity contribution in [2.75, 3.05) is 0 Å². The van der Waals surface area contributed by atoms with Gasteiger partial charge in [0.25, 0.3) is 0 Å². The van der Waals surface area contributed by atoms with Crippen LogP contribution in [0.1, 0.15) is 64.7 Å². The molecule has 1 N–H and O–H groups in total. The lowest BCUT2D eigenvalue weighted by atomic mass is 10.1. The molecule has 0 aromatic carbocycles. The van der Waals surface area contributed by atoms with Crippen molar-refractivity contribution in [2.24, 2.45) is 0 Å². The predicted molar refractivity (Wildman–Crippen MR) is 55.2 cm³/mol. The van der Waals surface area contributed by atoms with Gasteiger partial charge in [0.2, 0.25) is 0 Å². The van der Waals surface area contributed by atoms with Gasteiger partial charge in [-0.1, -0.05) is 51.9 Å². The molecule has 0 amide bonds. The van der Waals surface area contributed by atoms with Gasteiger partial charge >= 0.3 is 0 Å². The molecule has 0 unspecified atom stereocenters. The van der Waals surface area contributed by atoms with Gasteiger partial charge in [-0.3, -0.25) is 4.84 Å². The Bertz CT molecular complexity index is 113. The molecule has 78 valence electrons. The minimum absolute atomic E-state index is 0.403. The van der Waals surface area contributed by atoms with E-state index < -0.39 is 0 Å². The Kier molecular flexibility index (Phi) is 6.21. The molecule has 1 aliphatic heterocycles. The summed E-state index contributed by atoms with van der Waals surface area (Å²) in [6.45, 7) is 2.27. The average molecular weight is 185 g/mol. The van der Waals surface area contributed by atoms with Crippen molar-refractivity contribution >= 4 is 0 Å². The summed E-state index contributed by atoms with van der Waals surface area (Å²) in [5.74, 6) is 0. The Labute approximate surface area is 82.0 Å². The van der Waals surface area contributed by atoms with Gasteiger partial charge in [0, 0.05) is 0 Å². The Morgan fingerprint density at radius 2 is 1.46 bits per heavy atom. The zero-order valence-electron chi connectivity index (χ0n) is 8.85. The summed E-state index contributed by atoms with van der Waals surface area (Å²) in [5.41, 5.74) is 2.85. The van der Waals surface area contributed by atoms with Gasteiger partial charge in [0.1, 0.15) is 0 Å². The van der Waals surface area contributed by atoms with E-state index in [9.17, 15) is 0 Å². The molecule has 1 heterocycles. The van der Waals surface area contributed by atoms with E-state index in [2.05, 4.69) is 12.4 Å². The molecular weight excluding hydrogens is 162 g/mol. The van der Waals surface area contributed by atoms with Gasteiger partial charge in [-0.2, -0.15) is 5.48 Å². The average Bonchev–Trinajstić information content (AvgIpc) is 2.93. The van der Waals surface area contributed by atoms with Crippen LogP contribution in [0.25, 0.3) is 0 Å². The van der Waals surface area contributed by atoms with Crippen LogP contribution >= 0.6 is 0 Å². The fourth-order valence-electron chi connectivity index (χ4n) is 1.63. The molecule has 2 heteroatoms. The molecule has 0 aromatic heterocycles. The predicted octanol–water partition coefficient (Wildman–Crippen LogP) is 3.38. The SMILES string of the molecule is CCCCCCCCCC[C@@H]1NO1. The van der Waals surface area contributed by atoms with Crippen molar-refractivity contribution in [3.63, 3.8) is 0 Å². The van der Waals surface area contributed by atoms with Crippen molar-refractivity contribution < 1.29 is 4.84 Å². The van der Waals surface area contributed by atoms with Crippen LogP contribution in [-0.4, -0.2) is 6.23 Å². The molecule has 1 atom stereocenters. The third-order valence-corrected chi connectivity index (χ3v) is 2.60. The lowest BCUT2D eigenvalue weighted by molar-refractivity contribution is 0.357. The van der Waals surface area contributed by atoms with Crippen molar-refractivity contribution in [1.29, 1.82) is 0 Å². The molecule has 1 aliphatic rings. The summed E-state index contributed by atoms with van der Waals surface area (Å²) in [7, 11) is 0. The molecule has 13 heavy (non-hydrogen) atoms. The van der Waals surface area contributed by atoms with E-state index >= 15 is 0 Å². The third kappa shape index (κ3) is 7.03. The number of hydrogen-bond donors (Lipinski definition) is 1. The van der Waals surface area contributed by atoms with Crippen molar-refractivity contribution in [3.8, 4) is 0 Å². The van der Waals surface area contributed by atoms with Gasteiger partial charge in [0.15, 0.2) is 6.23 Å². The van der Waals surface area contributed by atoms with E-state index in [1.165, 1.54) is 57.8 Å². The second kappa shape index (κ2) is 7.34. The quantitative estimate of drug-likeness (QED) is 0.441. The summed E-state index contributed by atoms with van der Waals surface area (Å²) in [6.07, 6.45) is 12.8. The zero-order chi connectivity index (χ0) is 9.36. The first-order chi connectivity index (χ1) is 6.43. The van der Waals surface area contributed by atoms with Crippen LogP contribution < -0.4 is 5.48 Å². The number of rotatable bonds is 9. The Morgan fingerprint density at radius 3 is 2.00 bits per heavy atom. The lowest BCUT2D eigenvalue weighted by Crippen LogP contribution is -1.89.